The van der Waals surface area contributed by atoms with Gasteiger partial charge in [0.1, 0.15) is 6.54 Å². The Balaban J connectivity index is 1.93. The van der Waals surface area contributed by atoms with Crippen molar-refractivity contribution in [3.8, 4) is 11.5 Å². The molecule has 0 bridgehead atoms. The highest BCUT2D eigenvalue weighted by atomic mass is 16.5. The second-order valence-electron chi connectivity index (χ2n) is 9.20. The summed E-state index contributed by atoms with van der Waals surface area (Å²) >= 11 is 0. The van der Waals surface area contributed by atoms with Gasteiger partial charge in [-0.2, -0.15) is 0 Å². The zero-order valence-electron chi connectivity index (χ0n) is 17.8. The Morgan fingerprint density at radius 2 is 1.56 bits per heavy atom. The molecule has 0 unspecified atom stereocenters. The number of rotatable bonds is 9. The smallest absolute Gasteiger partial charge is 0.161 e. The molecule has 0 fully saturated rings. The lowest BCUT2D eigenvalue weighted by atomic mass is 9.82. The Hall–Kier alpha value is -2.00. The van der Waals surface area contributed by atoms with E-state index in [0.29, 0.717) is 12.0 Å². The Kier molecular flexibility index (Phi) is 7.32. The molecular weight excluding hydrogens is 334 g/mol. The fourth-order valence-electron chi connectivity index (χ4n) is 3.71. The molecule has 0 saturated carbocycles. The molecule has 0 aromatic heterocycles. The Bertz CT molecular complexity index is 702. The van der Waals surface area contributed by atoms with Crippen LogP contribution in [0.4, 0.5) is 0 Å². The predicted molar refractivity (Wildman–Crippen MR) is 112 cm³/mol. The minimum Gasteiger partial charge on any atom is -0.493 e. The molecule has 0 amide bonds. The summed E-state index contributed by atoms with van der Waals surface area (Å²) in [6.07, 6.45) is 2.05. The number of hydrogen-bond donors (Lipinski definition) is 1. The van der Waals surface area contributed by atoms with Crippen molar-refractivity contribution in [1.82, 2.24) is 0 Å². The SMILES string of the molecule is COc1cc(C[NH2+]C(C)(C)CC(C)(C)C)ccc1OCCc1ccccc1. The topological polar surface area (TPSA) is 35.1 Å². The van der Waals surface area contributed by atoms with Crippen molar-refractivity contribution >= 4 is 0 Å². The molecule has 2 N–H and O–H groups in total. The van der Waals surface area contributed by atoms with E-state index < -0.39 is 0 Å². The van der Waals surface area contributed by atoms with Crippen molar-refractivity contribution < 1.29 is 14.8 Å². The van der Waals surface area contributed by atoms with Gasteiger partial charge in [-0.25, -0.2) is 0 Å². The molecule has 0 atom stereocenters. The average molecular weight is 371 g/mol. The number of hydrogen-bond acceptors (Lipinski definition) is 2. The average Bonchev–Trinajstić information content (AvgIpc) is 2.59. The fraction of sp³-hybridized carbons (Fsp3) is 0.500. The first kappa shape index (κ1) is 21.3. The third-order valence-corrected chi connectivity index (χ3v) is 4.60. The standard InChI is InChI=1S/C24H35NO2/c1-23(2,3)18-24(4,5)25-17-20-12-13-21(22(16-20)26-6)27-15-14-19-10-8-7-9-11-19/h7-13,16,25H,14-15,17-18H2,1-6H3/p+1. The summed E-state index contributed by atoms with van der Waals surface area (Å²) in [5.41, 5.74) is 3.07. The molecule has 0 aliphatic carbocycles. The second kappa shape index (κ2) is 9.27. The minimum absolute atomic E-state index is 0.205. The van der Waals surface area contributed by atoms with E-state index >= 15 is 0 Å². The van der Waals surface area contributed by atoms with Gasteiger partial charge in [0.05, 0.1) is 19.3 Å². The highest BCUT2D eigenvalue weighted by molar-refractivity contribution is 5.42. The van der Waals surface area contributed by atoms with E-state index in [-0.39, 0.29) is 5.54 Å². The number of quaternary nitrogens is 1. The molecule has 0 aliphatic rings. The highest BCUT2D eigenvalue weighted by Crippen LogP contribution is 2.28. The van der Waals surface area contributed by atoms with Crippen LogP contribution >= 0.6 is 0 Å². The van der Waals surface area contributed by atoms with Gasteiger partial charge in [-0.1, -0.05) is 51.1 Å². The van der Waals surface area contributed by atoms with Crippen molar-refractivity contribution in [2.45, 2.75) is 59.5 Å². The van der Waals surface area contributed by atoms with E-state index in [2.05, 4.69) is 76.3 Å². The maximum Gasteiger partial charge on any atom is 0.161 e. The Morgan fingerprint density at radius 3 is 2.19 bits per heavy atom. The number of methoxy groups -OCH3 is 1. The molecule has 3 nitrogen and oxygen atoms in total. The van der Waals surface area contributed by atoms with Crippen molar-refractivity contribution in [2.24, 2.45) is 5.41 Å². The van der Waals surface area contributed by atoms with Gasteiger partial charge in [-0.15, -0.1) is 0 Å². The zero-order chi connectivity index (χ0) is 19.9. The molecule has 2 rings (SSSR count). The monoisotopic (exact) mass is 370 g/mol. The van der Waals surface area contributed by atoms with Crippen LogP contribution in [0.15, 0.2) is 48.5 Å². The van der Waals surface area contributed by atoms with Gasteiger partial charge in [0, 0.05) is 18.4 Å². The summed E-state index contributed by atoms with van der Waals surface area (Å²) in [5, 5.41) is 2.42. The van der Waals surface area contributed by atoms with Crippen molar-refractivity contribution in [2.75, 3.05) is 13.7 Å². The van der Waals surface area contributed by atoms with Crippen LogP contribution in [-0.4, -0.2) is 19.3 Å². The van der Waals surface area contributed by atoms with Crippen LogP contribution in [0.1, 0.15) is 52.2 Å². The lowest BCUT2D eigenvalue weighted by Gasteiger charge is -2.30. The fourth-order valence-corrected chi connectivity index (χ4v) is 3.71. The van der Waals surface area contributed by atoms with Crippen LogP contribution in [0.3, 0.4) is 0 Å². The maximum absolute atomic E-state index is 5.96. The molecule has 148 valence electrons. The summed E-state index contributed by atoms with van der Waals surface area (Å²) in [7, 11) is 1.70. The molecular formula is C24H36NO2+. The Morgan fingerprint density at radius 1 is 0.852 bits per heavy atom. The third-order valence-electron chi connectivity index (χ3n) is 4.60. The molecule has 0 heterocycles. The molecule has 0 aliphatic heterocycles. The molecule has 0 radical (unpaired) electrons. The summed E-state index contributed by atoms with van der Waals surface area (Å²) in [6, 6.07) is 16.7. The number of nitrogens with two attached hydrogens (primary N) is 1. The third kappa shape index (κ3) is 7.64. The van der Waals surface area contributed by atoms with E-state index in [1.165, 1.54) is 11.1 Å². The number of benzene rings is 2. The molecule has 0 saturated heterocycles. The van der Waals surface area contributed by atoms with Gasteiger partial charge in [0.15, 0.2) is 11.5 Å². The van der Waals surface area contributed by atoms with Gasteiger partial charge in [-0.3, -0.25) is 0 Å². The lowest BCUT2D eigenvalue weighted by molar-refractivity contribution is -0.737. The van der Waals surface area contributed by atoms with Crippen LogP contribution in [0, 0.1) is 5.41 Å². The summed E-state index contributed by atoms with van der Waals surface area (Å²) in [4.78, 5) is 0. The highest BCUT2D eigenvalue weighted by Gasteiger charge is 2.28. The first-order valence-corrected chi connectivity index (χ1v) is 9.87. The maximum atomic E-state index is 5.96. The van der Waals surface area contributed by atoms with Crippen LogP contribution in [-0.2, 0) is 13.0 Å². The van der Waals surface area contributed by atoms with E-state index in [4.69, 9.17) is 9.47 Å². The molecule has 2 aromatic carbocycles. The van der Waals surface area contributed by atoms with E-state index in [9.17, 15) is 0 Å². The first-order valence-electron chi connectivity index (χ1n) is 9.87. The van der Waals surface area contributed by atoms with E-state index in [1.54, 1.807) is 7.11 Å². The van der Waals surface area contributed by atoms with Gasteiger partial charge in [0.25, 0.3) is 0 Å². The lowest BCUT2D eigenvalue weighted by Crippen LogP contribution is -2.94. The zero-order valence-corrected chi connectivity index (χ0v) is 17.8. The quantitative estimate of drug-likeness (QED) is 0.700. The van der Waals surface area contributed by atoms with Crippen molar-refractivity contribution in [1.29, 1.82) is 0 Å². The van der Waals surface area contributed by atoms with Gasteiger partial charge >= 0.3 is 0 Å². The van der Waals surface area contributed by atoms with Gasteiger partial charge in [0.2, 0.25) is 0 Å². The van der Waals surface area contributed by atoms with Crippen LogP contribution in [0.25, 0.3) is 0 Å². The second-order valence-corrected chi connectivity index (χ2v) is 9.20. The van der Waals surface area contributed by atoms with Crippen LogP contribution < -0.4 is 14.8 Å². The predicted octanol–water partition coefficient (Wildman–Crippen LogP) is 4.59. The van der Waals surface area contributed by atoms with Crippen molar-refractivity contribution in [3.63, 3.8) is 0 Å². The van der Waals surface area contributed by atoms with Gasteiger partial charge < -0.3 is 14.8 Å². The molecule has 27 heavy (non-hydrogen) atoms. The van der Waals surface area contributed by atoms with Gasteiger partial charge in [-0.05, 0) is 43.0 Å². The largest absolute Gasteiger partial charge is 0.493 e. The molecule has 2 aromatic rings. The normalized spacial score (nSPS) is 12.1. The summed E-state index contributed by atoms with van der Waals surface area (Å²) < 4.78 is 11.5. The number of ether oxygens (including phenoxy) is 2. The van der Waals surface area contributed by atoms with E-state index in [1.807, 2.05) is 12.1 Å². The summed E-state index contributed by atoms with van der Waals surface area (Å²) in [6.45, 7) is 13.1. The van der Waals surface area contributed by atoms with Crippen LogP contribution in [0.2, 0.25) is 0 Å². The Labute approximate surface area is 165 Å². The van der Waals surface area contributed by atoms with E-state index in [0.717, 1.165) is 30.9 Å². The first-order chi connectivity index (χ1) is 12.7. The van der Waals surface area contributed by atoms with Crippen molar-refractivity contribution in [3.05, 3.63) is 59.7 Å². The molecule has 3 heteroatoms. The molecule has 0 spiro atoms. The summed E-state index contributed by atoms with van der Waals surface area (Å²) in [5.74, 6) is 1.62. The minimum atomic E-state index is 0.205. The van der Waals surface area contributed by atoms with Crippen LogP contribution in [0.5, 0.6) is 11.5 Å².